The Hall–Kier alpha value is -2.30. The highest BCUT2D eigenvalue weighted by molar-refractivity contribution is 6.30. The summed E-state index contributed by atoms with van der Waals surface area (Å²) in [5.74, 6) is -0.777. The molecule has 1 aliphatic carbocycles. The highest BCUT2D eigenvalue weighted by Crippen LogP contribution is 2.41. The number of nitrogens with zero attached hydrogens (tertiary/aromatic N) is 2. The van der Waals surface area contributed by atoms with E-state index in [1.165, 1.54) is 6.08 Å². The number of para-hydroxylation sites is 1. The number of benzene rings is 1. The molecule has 0 spiro atoms. The fourth-order valence-electron chi connectivity index (χ4n) is 2.13. The zero-order chi connectivity index (χ0) is 12.0. The maximum Gasteiger partial charge on any atom is 0.314 e. The Morgan fingerprint density at radius 2 is 2.12 bits per heavy atom. The van der Waals surface area contributed by atoms with Gasteiger partial charge in [-0.05, 0) is 12.1 Å². The molecule has 0 saturated heterocycles. The first kappa shape index (κ1) is 9.89. The van der Waals surface area contributed by atoms with Gasteiger partial charge < -0.3 is 0 Å². The Morgan fingerprint density at radius 3 is 2.88 bits per heavy atom. The lowest BCUT2D eigenvalue weighted by molar-refractivity contribution is -0.421. The largest absolute Gasteiger partial charge is 0.314 e. The van der Waals surface area contributed by atoms with Gasteiger partial charge in [0.1, 0.15) is 0 Å². The number of allylic oxidation sites excluding steroid dienone is 3. The first-order valence-electron chi connectivity index (χ1n) is 5.10. The maximum absolute atomic E-state index is 13.5. The molecular formula is C12H7FN2O2. The summed E-state index contributed by atoms with van der Waals surface area (Å²) >= 11 is 0. The minimum atomic E-state index is -0.777. The number of hydrogen-bond acceptors (Lipinski definition) is 3. The molecule has 5 heteroatoms. The molecule has 4 nitrogen and oxygen atoms in total. The van der Waals surface area contributed by atoms with E-state index in [1.807, 2.05) is 0 Å². The van der Waals surface area contributed by atoms with Crippen LogP contribution in [-0.2, 0) is 0 Å². The number of halogens is 1. The maximum atomic E-state index is 13.5. The highest BCUT2D eigenvalue weighted by Gasteiger charge is 2.35. The molecule has 0 radical (unpaired) electrons. The SMILES string of the molecule is O=[N+]([O-])C1=C2C(=Nc3ccccc32)CC=C1F. The number of aliphatic imine (C=N–C) groups is 1. The smallest absolute Gasteiger partial charge is 0.258 e. The summed E-state index contributed by atoms with van der Waals surface area (Å²) in [6.45, 7) is 0. The third-order valence-corrected chi connectivity index (χ3v) is 2.84. The Kier molecular flexibility index (Phi) is 1.95. The lowest BCUT2D eigenvalue weighted by Gasteiger charge is -2.09. The van der Waals surface area contributed by atoms with Crippen LogP contribution < -0.4 is 0 Å². The molecule has 1 aromatic rings. The second kappa shape index (κ2) is 3.35. The summed E-state index contributed by atoms with van der Waals surface area (Å²) in [6, 6.07) is 7.06. The summed E-state index contributed by atoms with van der Waals surface area (Å²) in [7, 11) is 0. The van der Waals surface area contributed by atoms with E-state index >= 15 is 0 Å². The Morgan fingerprint density at radius 1 is 1.35 bits per heavy atom. The van der Waals surface area contributed by atoms with E-state index in [-0.39, 0.29) is 0 Å². The van der Waals surface area contributed by atoms with Crippen LogP contribution in [0.4, 0.5) is 10.1 Å². The Balaban J connectivity index is 2.33. The summed E-state index contributed by atoms with van der Waals surface area (Å²) < 4.78 is 13.5. The van der Waals surface area contributed by atoms with E-state index < -0.39 is 16.4 Å². The van der Waals surface area contributed by atoms with Gasteiger partial charge in [-0.15, -0.1) is 0 Å². The van der Waals surface area contributed by atoms with Crippen molar-refractivity contribution in [1.82, 2.24) is 0 Å². The van der Waals surface area contributed by atoms with E-state index in [1.54, 1.807) is 24.3 Å². The van der Waals surface area contributed by atoms with E-state index in [0.29, 0.717) is 29.0 Å². The molecule has 0 unspecified atom stereocenters. The molecule has 84 valence electrons. The van der Waals surface area contributed by atoms with Crippen LogP contribution in [0.2, 0.25) is 0 Å². The minimum absolute atomic E-state index is 0.299. The van der Waals surface area contributed by atoms with Crippen molar-refractivity contribution >= 4 is 17.0 Å². The Labute approximate surface area is 95.9 Å². The average molecular weight is 230 g/mol. The molecular weight excluding hydrogens is 223 g/mol. The lowest BCUT2D eigenvalue weighted by atomic mass is 9.94. The number of fused-ring (bicyclic) bond motifs is 3. The van der Waals surface area contributed by atoms with E-state index in [9.17, 15) is 14.5 Å². The summed E-state index contributed by atoms with van der Waals surface area (Å²) in [5.41, 5.74) is 1.72. The molecule has 0 N–H and O–H groups in total. The summed E-state index contributed by atoms with van der Waals surface area (Å²) in [4.78, 5) is 14.5. The first-order valence-corrected chi connectivity index (χ1v) is 5.10. The quantitative estimate of drug-likeness (QED) is 0.550. The van der Waals surface area contributed by atoms with Crippen LogP contribution in [-0.4, -0.2) is 10.6 Å². The molecule has 2 aliphatic rings. The fourth-order valence-corrected chi connectivity index (χ4v) is 2.13. The average Bonchev–Trinajstić information content (AvgIpc) is 2.67. The van der Waals surface area contributed by atoms with Gasteiger partial charge in [-0.2, -0.15) is 4.39 Å². The van der Waals surface area contributed by atoms with Gasteiger partial charge in [-0.25, -0.2) is 0 Å². The molecule has 0 atom stereocenters. The van der Waals surface area contributed by atoms with Crippen molar-refractivity contribution in [2.45, 2.75) is 6.42 Å². The summed E-state index contributed by atoms with van der Waals surface area (Å²) in [5, 5.41) is 10.9. The molecule has 1 heterocycles. The predicted molar refractivity (Wildman–Crippen MR) is 61.3 cm³/mol. The van der Waals surface area contributed by atoms with Crippen LogP contribution in [0.15, 0.2) is 46.9 Å². The second-order valence-electron chi connectivity index (χ2n) is 3.81. The van der Waals surface area contributed by atoms with Crippen molar-refractivity contribution in [1.29, 1.82) is 0 Å². The highest BCUT2D eigenvalue weighted by atomic mass is 19.1. The van der Waals surface area contributed by atoms with Crippen molar-refractivity contribution in [2.75, 3.05) is 0 Å². The van der Waals surface area contributed by atoms with Crippen LogP contribution in [0, 0.1) is 10.1 Å². The minimum Gasteiger partial charge on any atom is -0.258 e. The standard InChI is InChI=1S/C12H7FN2O2/c13-8-5-6-10-11(12(8)15(16)17)7-3-1-2-4-9(7)14-10/h1-5H,6H2. The first-order chi connectivity index (χ1) is 8.18. The number of nitro groups is 1. The van der Waals surface area contributed by atoms with Crippen LogP contribution in [0.3, 0.4) is 0 Å². The van der Waals surface area contributed by atoms with Crippen LogP contribution in [0.25, 0.3) is 5.57 Å². The topological polar surface area (TPSA) is 55.5 Å². The fraction of sp³-hybridized carbons (Fsp3) is 0.0833. The summed E-state index contributed by atoms with van der Waals surface area (Å²) in [6.07, 6.45) is 1.50. The van der Waals surface area contributed by atoms with Gasteiger partial charge in [0.2, 0.25) is 0 Å². The lowest BCUT2D eigenvalue weighted by Crippen LogP contribution is -2.12. The van der Waals surface area contributed by atoms with Gasteiger partial charge in [-0.1, -0.05) is 18.2 Å². The molecule has 0 amide bonds. The van der Waals surface area contributed by atoms with Crippen molar-refractivity contribution in [3.63, 3.8) is 0 Å². The molecule has 0 saturated carbocycles. The van der Waals surface area contributed by atoms with Crippen molar-refractivity contribution in [2.24, 2.45) is 4.99 Å². The van der Waals surface area contributed by atoms with Gasteiger partial charge in [0.25, 0.3) is 0 Å². The third kappa shape index (κ3) is 1.32. The van der Waals surface area contributed by atoms with Gasteiger partial charge >= 0.3 is 5.70 Å². The van der Waals surface area contributed by atoms with Crippen molar-refractivity contribution in [3.05, 3.63) is 57.5 Å². The van der Waals surface area contributed by atoms with Gasteiger partial charge in [0, 0.05) is 12.0 Å². The van der Waals surface area contributed by atoms with E-state index in [2.05, 4.69) is 4.99 Å². The van der Waals surface area contributed by atoms with E-state index in [0.717, 1.165) is 0 Å². The number of hydrogen-bond donors (Lipinski definition) is 0. The zero-order valence-corrected chi connectivity index (χ0v) is 8.68. The van der Waals surface area contributed by atoms with Crippen LogP contribution in [0.5, 0.6) is 0 Å². The zero-order valence-electron chi connectivity index (χ0n) is 8.68. The van der Waals surface area contributed by atoms with Gasteiger partial charge in [-0.3, -0.25) is 15.1 Å². The molecule has 0 bridgehead atoms. The Bertz CT molecular complexity index is 629. The third-order valence-electron chi connectivity index (χ3n) is 2.84. The van der Waals surface area contributed by atoms with Gasteiger partial charge in [0.15, 0.2) is 5.83 Å². The molecule has 17 heavy (non-hydrogen) atoms. The predicted octanol–water partition coefficient (Wildman–Crippen LogP) is 3.02. The van der Waals surface area contributed by atoms with Crippen molar-refractivity contribution in [3.8, 4) is 0 Å². The second-order valence-corrected chi connectivity index (χ2v) is 3.81. The van der Waals surface area contributed by atoms with Crippen LogP contribution in [0.1, 0.15) is 12.0 Å². The normalized spacial score (nSPS) is 17.2. The van der Waals surface area contributed by atoms with E-state index in [4.69, 9.17) is 0 Å². The molecule has 1 aromatic carbocycles. The molecule has 0 aromatic heterocycles. The molecule has 0 fully saturated rings. The van der Waals surface area contributed by atoms with Gasteiger partial charge in [0.05, 0.1) is 21.9 Å². The molecule has 1 aliphatic heterocycles. The monoisotopic (exact) mass is 230 g/mol. The van der Waals surface area contributed by atoms with Crippen LogP contribution >= 0.6 is 0 Å². The van der Waals surface area contributed by atoms with Crippen molar-refractivity contribution < 1.29 is 9.31 Å². The molecule has 3 rings (SSSR count). The number of rotatable bonds is 1.